The Kier molecular flexibility index (Phi) is 4.66. The lowest BCUT2D eigenvalue weighted by Crippen LogP contribution is -2.31. The Morgan fingerprint density at radius 3 is 2.64 bits per heavy atom. The highest BCUT2D eigenvalue weighted by atomic mass is 15.3. The van der Waals surface area contributed by atoms with Crippen molar-refractivity contribution < 1.29 is 0 Å². The molecule has 1 rings (SSSR count). The van der Waals surface area contributed by atoms with E-state index in [1.54, 1.807) is 0 Å². The Balaban J connectivity index is 2.24. The predicted octanol–water partition coefficient (Wildman–Crippen LogP) is 1.97. The third kappa shape index (κ3) is 3.14. The Morgan fingerprint density at radius 1 is 1.43 bits per heavy atom. The summed E-state index contributed by atoms with van der Waals surface area (Å²) in [6.07, 6.45) is 4.26. The van der Waals surface area contributed by atoms with Gasteiger partial charge in [0, 0.05) is 24.5 Å². The third-order valence-electron chi connectivity index (χ3n) is 2.67. The quantitative estimate of drug-likeness (QED) is 0.752. The molecule has 0 radical (unpaired) electrons. The Hall–Kier alpha value is -0.830. The number of hydrogen-bond acceptors (Lipinski definition) is 2. The van der Waals surface area contributed by atoms with E-state index in [9.17, 15) is 0 Å². The van der Waals surface area contributed by atoms with Crippen molar-refractivity contribution in [1.29, 1.82) is 0 Å². The lowest BCUT2D eigenvalue weighted by molar-refractivity contribution is 0.451. The molecule has 0 bridgehead atoms. The predicted molar refractivity (Wildman–Crippen MR) is 59.3 cm³/mol. The minimum atomic E-state index is 0.658. The van der Waals surface area contributed by atoms with E-state index < -0.39 is 0 Å². The molecule has 1 aromatic heterocycles. The van der Waals surface area contributed by atoms with Gasteiger partial charge >= 0.3 is 0 Å². The number of nitrogens with one attached hydrogen (secondary N) is 1. The zero-order valence-corrected chi connectivity index (χ0v) is 9.45. The van der Waals surface area contributed by atoms with Gasteiger partial charge in [-0.3, -0.25) is 4.68 Å². The van der Waals surface area contributed by atoms with E-state index >= 15 is 0 Å². The fourth-order valence-electron chi connectivity index (χ4n) is 1.58. The van der Waals surface area contributed by atoms with Crippen LogP contribution in [-0.4, -0.2) is 22.4 Å². The molecule has 0 amide bonds. The van der Waals surface area contributed by atoms with E-state index in [-0.39, 0.29) is 0 Å². The Labute approximate surface area is 86.5 Å². The Morgan fingerprint density at radius 2 is 2.14 bits per heavy atom. The lowest BCUT2D eigenvalue weighted by Gasteiger charge is -2.14. The van der Waals surface area contributed by atoms with Crippen LogP contribution in [-0.2, 0) is 6.54 Å². The summed E-state index contributed by atoms with van der Waals surface area (Å²) >= 11 is 0. The zero-order chi connectivity index (χ0) is 10.4. The monoisotopic (exact) mass is 195 g/mol. The summed E-state index contributed by atoms with van der Waals surface area (Å²) in [7, 11) is 0. The van der Waals surface area contributed by atoms with Crippen LogP contribution < -0.4 is 5.32 Å². The minimum absolute atomic E-state index is 0.658. The van der Waals surface area contributed by atoms with Gasteiger partial charge in [-0.15, -0.1) is 0 Å². The summed E-state index contributed by atoms with van der Waals surface area (Å²) in [6, 6.07) is 2.70. The van der Waals surface area contributed by atoms with E-state index in [2.05, 4.69) is 31.2 Å². The molecule has 0 unspecified atom stereocenters. The van der Waals surface area contributed by atoms with Gasteiger partial charge in [-0.2, -0.15) is 5.10 Å². The number of aromatic nitrogens is 2. The van der Waals surface area contributed by atoms with Gasteiger partial charge in [0.05, 0.1) is 6.54 Å². The SMILES string of the molecule is CCC(CC)NCCn1nccc1C. The van der Waals surface area contributed by atoms with Crippen molar-refractivity contribution in [2.75, 3.05) is 6.54 Å². The normalized spacial score (nSPS) is 11.1. The van der Waals surface area contributed by atoms with Crippen LogP contribution in [0.1, 0.15) is 32.4 Å². The molecular formula is C11H21N3. The van der Waals surface area contributed by atoms with E-state index in [0.717, 1.165) is 13.1 Å². The number of hydrogen-bond donors (Lipinski definition) is 1. The topological polar surface area (TPSA) is 29.9 Å². The first-order valence-corrected chi connectivity index (χ1v) is 5.49. The first-order valence-electron chi connectivity index (χ1n) is 5.49. The van der Waals surface area contributed by atoms with Gasteiger partial charge in [-0.1, -0.05) is 13.8 Å². The van der Waals surface area contributed by atoms with Crippen LogP contribution in [0.4, 0.5) is 0 Å². The third-order valence-corrected chi connectivity index (χ3v) is 2.67. The highest BCUT2D eigenvalue weighted by molar-refractivity contribution is 4.96. The molecule has 0 aliphatic rings. The van der Waals surface area contributed by atoms with Gasteiger partial charge in [0.15, 0.2) is 0 Å². The summed E-state index contributed by atoms with van der Waals surface area (Å²) in [5.74, 6) is 0. The van der Waals surface area contributed by atoms with Crippen LogP contribution in [0, 0.1) is 6.92 Å². The Bertz CT molecular complexity index is 251. The van der Waals surface area contributed by atoms with E-state index in [0.29, 0.717) is 6.04 Å². The van der Waals surface area contributed by atoms with Crippen molar-refractivity contribution in [3.8, 4) is 0 Å². The molecule has 0 spiro atoms. The number of nitrogens with zero attached hydrogens (tertiary/aromatic N) is 2. The average Bonchev–Trinajstić information content (AvgIpc) is 2.59. The van der Waals surface area contributed by atoms with Crippen LogP contribution in [0.25, 0.3) is 0 Å². The van der Waals surface area contributed by atoms with Gasteiger partial charge < -0.3 is 5.32 Å². The molecule has 1 heterocycles. The lowest BCUT2D eigenvalue weighted by atomic mass is 10.2. The smallest absolute Gasteiger partial charge is 0.0537 e. The van der Waals surface area contributed by atoms with E-state index in [4.69, 9.17) is 0 Å². The summed E-state index contributed by atoms with van der Waals surface area (Å²) < 4.78 is 2.04. The molecule has 1 N–H and O–H groups in total. The minimum Gasteiger partial charge on any atom is -0.312 e. The maximum atomic E-state index is 4.24. The average molecular weight is 195 g/mol. The summed E-state index contributed by atoms with van der Waals surface area (Å²) in [5, 5.41) is 7.76. The molecule has 1 aromatic rings. The number of rotatable bonds is 6. The highest BCUT2D eigenvalue weighted by Gasteiger charge is 2.02. The second-order valence-corrected chi connectivity index (χ2v) is 3.66. The van der Waals surface area contributed by atoms with Crippen molar-refractivity contribution in [1.82, 2.24) is 15.1 Å². The van der Waals surface area contributed by atoms with Gasteiger partial charge in [0.25, 0.3) is 0 Å². The van der Waals surface area contributed by atoms with Gasteiger partial charge in [-0.25, -0.2) is 0 Å². The van der Waals surface area contributed by atoms with Crippen LogP contribution >= 0.6 is 0 Å². The highest BCUT2D eigenvalue weighted by Crippen LogP contribution is 1.97. The number of aryl methyl sites for hydroxylation is 1. The summed E-state index contributed by atoms with van der Waals surface area (Å²) in [4.78, 5) is 0. The fraction of sp³-hybridized carbons (Fsp3) is 0.727. The molecule has 3 heteroatoms. The molecule has 0 saturated heterocycles. The maximum Gasteiger partial charge on any atom is 0.0537 e. The first-order chi connectivity index (χ1) is 6.77. The molecule has 3 nitrogen and oxygen atoms in total. The summed E-state index contributed by atoms with van der Waals surface area (Å²) in [5.41, 5.74) is 1.23. The molecule has 80 valence electrons. The van der Waals surface area contributed by atoms with Crippen LogP contribution in [0.5, 0.6) is 0 Å². The van der Waals surface area contributed by atoms with Crippen LogP contribution in [0.15, 0.2) is 12.3 Å². The zero-order valence-electron chi connectivity index (χ0n) is 9.45. The largest absolute Gasteiger partial charge is 0.312 e. The standard InChI is InChI=1S/C11H21N3/c1-4-11(5-2)12-8-9-14-10(3)6-7-13-14/h6-7,11-12H,4-5,8-9H2,1-3H3. The first kappa shape index (κ1) is 11.2. The maximum absolute atomic E-state index is 4.24. The second-order valence-electron chi connectivity index (χ2n) is 3.66. The molecule has 14 heavy (non-hydrogen) atoms. The van der Waals surface area contributed by atoms with Gasteiger partial charge in [0.1, 0.15) is 0 Å². The molecule has 0 aromatic carbocycles. The van der Waals surface area contributed by atoms with E-state index in [1.807, 2.05) is 16.9 Å². The summed E-state index contributed by atoms with van der Waals surface area (Å²) in [6.45, 7) is 8.51. The van der Waals surface area contributed by atoms with Crippen molar-refractivity contribution >= 4 is 0 Å². The van der Waals surface area contributed by atoms with Crippen molar-refractivity contribution in [2.45, 2.75) is 46.2 Å². The van der Waals surface area contributed by atoms with Gasteiger partial charge in [-0.05, 0) is 25.8 Å². The molecular weight excluding hydrogens is 174 g/mol. The second kappa shape index (κ2) is 5.81. The van der Waals surface area contributed by atoms with Gasteiger partial charge in [0.2, 0.25) is 0 Å². The van der Waals surface area contributed by atoms with E-state index in [1.165, 1.54) is 18.5 Å². The molecule has 0 aliphatic heterocycles. The van der Waals surface area contributed by atoms with Crippen molar-refractivity contribution in [3.05, 3.63) is 18.0 Å². The fourth-order valence-corrected chi connectivity index (χ4v) is 1.58. The molecule has 0 atom stereocenters. The molecule has 0 saturated carbocycles. The van der Waals surface area contributed by atoms with Crippen molar-refractivity contribution in [3.63, 3.8) is 0 Å². The molecule has 0 aliphatic carbocycles. The molecule has 0 fully saturated rings. The van der Waals surface area contributed by atoms with Crippen LogP contribution in [0.2, 0.25) is 0 Å². The van der Waals surface area contributed by atoms with Crippen molar-refractivity contribution in [2.24, 2.45) is 0 Å². The van der Waals surface area contributed by atoms with Crippen LogP contribution in [0.3, 0.4) is 0 Å².